The molecule has 2 aliphatic rings. The molecule has 0 unspecified atom stereocenters. The van der Waals surface area contributed by atoms with Gasteiger partial charge in [0.2, 0.25) is 0 Å². The number of carboxylic acid groups (broad SMARTS) is 1. The van der Waals surface area contributed by atoms with E-state index in [9.17, 15) is 22.8 Å². The van der Waals surface area contributed by atoms with Crippen LogP contribution in [0.5, 0.6) is 0 Å². The molecule has 2 fully saturated rings. The molecule has 2 heterocycles. The van der Waals surface area contributed by atoms with E-state index in [4.69, 9.17) is 14.9 Å². The Hall–Kier alpha value is -1.75. The summed E-state index contributed by atoms with van der Waals surface area (Å²) in [4.78, 5) is 25.2. The first kappa shape index (κ1) is 27.3. The van der Waals surface area contributed by atoms with Crippen LogP contribution in [0, 0.1) is 11.8 Å². The van der Waals surface area contributed by atoms with Gasteiger partial charge in [0.15, 0.2) is 0 Å². The summed E-state index contributed by atoms with van der Waals surface area (Å²) >= 11 is 0. The highest BCUT2D eigenvalue weighted by Crippen LogP contribution is 2.20. The Kier molecular flexibility index (Phi) is 10.9. The summed E-state index contributed by atoms with van der Waals surface area (Å²) in [5, 5.41) is 17.6. The van der Waals surface area contributed by atoms with Crippen molar-refractivity contribution < 1.29 is 42.4 Å². The van der Waals surface area contributed by atoms with Gasteiger partial charge in [-0.2, -0.15) is 13.2 Å². The second-order valence-electron chi connectivity index (χ2n) is 8.94. The minimum atomic E-state index is -4.29. The van der Waals surface area contributed by atoms with Crippen LogP contribution in [0.1, 0.15) is 46.5 Å². The molecule has 0 aliphatic carbocycles. The average molecular weight is 457 g/mol. The van der Waals surface area contributed by atoms with Crippen LogP contribution in [0.25, 0.3) is 0 Å². The number of hydrogen-bond donors (Lipinski definition) is 2. The van der Waals surface area contributed by atoms with Gasteiger partial charge in [0.25, 0.3) is 0 Å². The van der Waals surface area contributed by atoms with Crippen molar-refractivity contribution in [2.45, 2.75) is 58.2 Å². The topological polar surface area (TPSA) is 99.5 Å². The Balaban J connectivity index is 0.000000311. The number of aliphatic hydroxyl groups is 1. The largest absolute Gasteiger partial charge is 0.465 e. The zero-order valence-corrected chi connectivity index (χ0v) is 18.5. The molecule has 2 N–H and O–H groups in total. The zero-order chi connectivity index (χ0) is 23.7. The Bertz CT molecular complexity index is 552. The van der Waals surface area contributed by atoms with Crippen LogP contribution < -0.4 is 0 Å². The van der Waals surface area contributed by atoms with Crippen LogP contribution >= 0.6 is 0 Å². The molecular formula is C20H35F3N2O6. The quantitative estimate of drug-likeness (QED) is 0.671. The van der Waals surface area contributed by atoms with Crippen LogP contribution in [0.3, 0.4) is 0 Å². The number of nitrogens with zero attached hydrogens (tertiary/aromatic N) is 2. The SMILES string of the molecule is CC(C)(C)OC(=O)N1CCC(CO)CC1.O=C(O)N1CCC(COCC(F)(F)F)CC1. The standard InChI is InChI=1S/C11H21NO3.C9H14F3NO3/c1-11(2,3)15-10(14)12-6-4-9(8-13)5-7-12;10-9(11,12)6-16-5-7-1-3-13(4-2-7)8(14)15/h9,13H,4-8H2,1-3H3;7H,1-6H2,(H,14,15). The van der Waals surface area contributed by atoms with E-state index < -0.39 is 24.5 Å². The number of halogens is 3. The van der Waals surface area contributed by atoms with E-state index in [0.717, 1.165) is 12.8 Å². The molecule has 8 nitrogen and oxygen atoms in total. The molecule has 0 radical (unpaired) electrons. The van der Waals surface area contributed by atoms with Crippen LogP contribution in [0.4, 0.5) is 22.8 Å². The minimum Gasteiger partial charge on any atom is -0.465 e. The van der Waals surface area contributed by atoms with Crippen molar-refractivity contribution in [1.29, 1.82) is 0 Å². The summed E-state index contributed by atoms with van der Waals surface area (Å²) in [7, 11) is 0. The lowest BCUT2D eigenvalue weighted by atomic mass is 9.98. The number of aliphatic hydroxyl groups excluding tert-OH is 1. The van der Waals surface area contributed by atoms with Crippen LogP contribution in [0.2, 0.25) is 0 Å². The summed E-state index contributed by atoms with van der Waals surface area (Å²) in [6, 6.07) is 0. The second kappa shape index (κ2) is 12.3. The lowest BCUT2D eigenvalue weighted by molar-refractivity contribution is -0.177. The van der Waals surface area contributed by atoms with Crippen LogP contribution in [-0.4, -0.2) is 90.0 Å². The van der Waals surface area contributed by atoms with E-state index in [-0.39, 0.29) is 25.2 Å². The third-order valence-corrected chi connectivity index (χ3v) is 5.03. The van der Waals surface area contributed by atoms with Gasteiger partial charge in [-0.3, -0.25) is 0 Å². The van der Waals surface area contributed by atoms with Gasteiger partial charge in [-0.05, 0) is 58.3 Å². The van der Waals surface area contributed by atoms with Crippen LogP contribution in [-0.2, 0) is 9.47 Å². The molecule has 0 aromatic heterocycles. The molecule has 182 valence electrons. The highest BCUT2D eigenvalue weighted by atomic mass is 19.4. The van der Waals surface area contributed by atoms with Crippen molar-refractivity contribution in [2.24, 2.45) is 11.8 Å². The number of ether oxygens (including phenoxy) is 2. The molecule has 2 aliphatic heterocycles. The van der Waals surface area contributed by atoms with Gasteiger partial charge in [0.05, 0.1) is 0 Å². The van der Waals surface area contributed by atoms with E-state index in [1.165, 1.54) is 4.90 Å². The summed E-state index contributed by atoms with van der Waals surface area (Å²) in [6.07, 6.45) is -2.64. The maximum absolute atomic E-state index is 11.8. The van der Waals surface area contributed by atoms with Gasteiger partial charge < -0.3 is 29.5 Å². The molecule has 0 atom stereocenters. The molecular weight excluding hydrogens is 421 g/mol. The maximum atomic E-state index is 11.8. The monoisotopic (exact) mass is 456 g/mol. The lowest BCUT2D eigenvalue weighted by Gasteiger charge is -2.32. The highest BCUT2D eigenvalue weighted by molar-refractivity contribution is 5.68. The second-order valence-corrected chi connectivity index (χ2v) is 8.94. The first-order valence-corrected chi connectivity index (χ1v) is 10.5. The number of carbonyl (C=O) groups excluding carboxylic acids is 1. The minimum absolute atomic E-state index is 0.0259. The average Bonchev–Trinajstić information content (AvgIpc) is 2.66. The van der Waals surface area contributed by atoms with Crippen LogP contribution in [0.15, 0.2) is 0 Å². The lowest BCUT2D eigenvalue weighted by Crippen LogP contribution is -2.42. The van der Waals surface area contributed by atoms with E-state index in [0.29, 0.717) is 44.9 Å². The molecule has 0 bridgehead atoms. The Morgan fingerprint density at radius 3 is 1.84 bits per heavy atom. The molecule has 0 spiro atoms. The molecule has 2 amide bonds. The third-order valence-electron chi connectivity index (χ3n) is 5.03. The third kappa shape index (κ3) is 12.0. The van der Waals surface area contributed by atoms with Gasteiger partial charge in [-0.1, -0.05) is 0 Å². The Morgan fingerprint density at radius 2 is 1.42 bits per heavy atom. The molecule has 0 aromatic carbocycles. The van der Waals surface area contributed by atoms with Crippen molar-refractivity contribution in [2.75, 3.05) is 46.0 Å². The smallest absolute Gasteiger partial charge is 0.411 e. The number of piperidine rings is 2. The van der Waals surface area contributed by atoms with Gasteiger partial charge in [-0.25, -0.2) is 9.59 Å². The number of likely N-dealkylation sites (tertiary alicyclic amines) is 2. The highest BCUT2D eigenvalue weighted by Gasteiger charge is 2.29. The number of amides is 2. The van der Waals surface area contributed by atoms with Crippen molar-refractivity contribution in [3.63, 3.8) is 0 Å². The summed E-state index contributed by atoms with van der Waals surface area (Å²) < 4.78 is 45.1. The number of hydrogen-bond acceptors (Lipinski definition) is 5. The van der Waals surface area contributed by atoms with Crippen molar-refractivity contribution in [3.8, 4) is 0 Å². The van der Waals surface area contributed by atoms with Gasteiger partial charge in [0.1, 0.15) is 12.2 Å². The molecule has 2 rings (SSSR count). The fourth-order valence-corrected chi connectivity index (χ4v) is 3.26. The van der Waals surface area contributed by atoms with E-state index in [1.54, 1.807) is 4.90 Å². The number of carbonyl (C=O) groups is 2. The van der Waals surface area contributed by atoms with Gasteiger partial charge in [-0.15, -0.1) is 0 Å². The van der Waals surface area contributed by atoms with Crippen molar-refractivity contribution in [1.82, 2.24) is 9.80 Å². The maximum Gasteiger partial charge on any atom is 0.411 e. The molecule has 0 saturated carbocycles. The first-order chi connectivity index (χ1) is 14.3. The molecule has 31 heavy (non-hydrogen) atoms. The number of rotatable bonds is 4. The predicted octanol–water partition coefficient (Wildman–Crippen LogP) is 3.58. The summed E-state index contributed by atoms with van der Waals surface area (Å²) in [6.45, 7) is 6.77. The summed E-state index contributed by atoms with van der Waals surface area (Å²) in [5.41, 5.74) is -0.426. The molecule has 2 saturated heterocycles. The fourth-order valence-electron chi connectivity index (χ4n) is 3.26. The van der Waals surface area contributed by atoms with E-state index in [1.807, 2.05) is 20.8 Å². The molecule has 0 aromatic rings. The first-order valence-electron chi connectivity index (χ1n) is 10.5. The zero-order valence-electron chi connectivity index (χ0n) is 18.5. The van der Waals surface area contributed by atoms with Crippen molar-refractivity contribution in [3.05, 3.63) is 0 Å². The van der Waals surface area contributed by atoms with E-state index >= 15 is 0 Å². The predicted molar refractivity (Wildman–Crippen MR) is 107 cm³/mol. The van der Waals surface area contributed by atoms with Crippen molar-refractivity contribution >= 4 is 12.2 Å². The number of alkyl halides is 3. The summed E-state index contributed by atoms with van der Waals surface area (Å²) in [5.74, 6) is 0.377. The van der Waals surface area contributed by atoms with E-state index in [2.05, 4.69) is 4.74 Å². The fraction of sp³-hybridized carbons (Fsp3) is 0.900. The van der Waals surface area contributed by atoms with Gasteiger partial charge >= 0.3 is 18.4 Å². The Labute approximate surface area is 181 Å². The molecule has 11 heteroatoms. The van der Waals surface area contributed by atoms with Gasteiger partial charge in [0, 0.05) is 39.4 Å². The Morgan fingerprint density at radius 1 is 0.935 bits per heavy atom. The normalized spacial score (nSPS) is 18.9.